The summed E-state index contributed by atoms with van der Waals surface area (Å²) in [6, 6.07) is 11.5. The molecule has 33 heavy (non-hydrogen) atoms. The molecule has 4 rings (SSSR count). The zero-order valence-corrected chi connectivity index (χ0v) is 19.4. The zero-order valence-electron chi connectivity index (χ0n) is 18.6. The molecule has 0 radical (unpaired) electrons. The SMILES string of the molecule is Cc1cccc(Nc2nc(C(=O)N(CCC(=O)NC[C@@H]3CCCO3)Cc3ccco3)cs2)c1. The van der Waals surface area contributed by atoms with Crippen molar-refractivity contribution in [1.29, 1.82) is 0 Å². The summed E-state index contributed by atoms with van der Waals surface area (Å²) in [5.41, 5.74) is 2.38. The Balaban J connectivity index is 1.37. The molecule has 0 bridgehead atoms. The van der Waals surface area contributed by atoms with E-state index in [0.29, 0.717) is 23.1 Å². The van der Waals surface area contributed by atoms with Gasteiger partial charge in [-0.3, -0.25) is 9.59 Å². The van der Waals surface area contributed by atoms with Crippen LogP contribution in [0.5, 0.6) is 0 Å². The second kappa shape index (κ2) is 11.1. The molecule has 3 aromatic rings. The van der Waals surface area contributed by atoms with Crippen molar-refractivity contribution in [2.24, 2.45) is 0 Å². The van der Waals surface area contributed by atoms with Crippen molar-refractivity contribution >= 4 is 34.0 Å². The first-order valence-corrected chi connectivity index (χ1v) is 11.9. The molecule has 0 unspecified atom stereocenters. The van der Waals surface area contributed by atoms with Crippen LogP contribution in [-0.4, -0.2) is 47.5 Å². The molecular formula is C24H28N4O4S. The molecule has 1 atom stereocenters. The Hall–Kier alpha value is -3.17. The molecule has 0 aliphatic carbocycles. The number of nitrogens with zero attached hydrogens (tertiary/aromatic N) is 2. The number of amides is 2. The van der Waals surface area contributed by atoms with Gasteiger partial charge in [0.25, 0.3) is 5.91 Å². The van der Waals surface area contributed by atoms with Crippen molar-refractivity contribution in [3.63, 3.8) is 0 Å². The minimum absolute atomic E-state index is 0.0872. The van der Waals surface area contributed by atoms with Crippen molar-refractivity contribution in [1.82, 2.24) is 15.2 Å². The van der Waals surface area contributed by atoms with E-state index in [1.54, 1.807) is 22.6 Å². The molecule has 3 heterocycles. The van der Waals surface area contributed by atoms with E-state index < -0.39 is 0 Å². The summed E-state index contributed by atoms with van der Waals surface area (Å²) < 4.78 is 11.0. The number of hydrogen-bond acceptors (Lipinski definition) is 7. The summed E-state index contributed by atoms with van der Waals surface area (Å²) in [4.78, 5) is 31.6. The number of carbonyl (C=O) groups excluding carboxylic acids is 2. The van der Waals surface area contributed by atoms with Crippen molar-refractivity contribution in [2.75, 3.05) is 25.0 Å². The van der Waals surface area contributed by atoms with Crippen molar-refractivity contribution in [3.05, 3.63) is 65.1 Å². The highest BCUT2D eigenvalue weighted by molar-refractivity contribution is 7.14. The molecule has 8 nitrogen and oxygen atoms in total. The third kappa shape index (κ3) is 6.66. The fourth-order valence-corrected chi connectivity index (χ4v) is 4.34. The van der Waals surface area contributed by atoms with Gasteiger partial charge in [-0.25, -0.2) is 4.98 Å². The number of rotatable bonds is 10. The molecule has 2 amide bonds. The standard InChI is InChI=1S/C24H28N4O4S/c1-17-5-2-6-18(13-17)26-24-27-21(16-33-24)23(30)28(15-20-8-4-12-32-20)10-9-22(29)25-14-19-7-3-11-31-19/h2,4-6,8,12-13,16,19H,3,7,9-11,14-15H2,1H3,(H,25,29)(H,26,27)/t19-/m0/s1. The maximum absolute atomic E-state index is 13.2. The van der Waals surface area contributed by atoms with Crippen LogP contribution < -0.4 is 10.6 Å². The van der Waals surface area contributed by atoms with Crippen LogP contribution >= 0.6 is 11.3 Å². The smallest absolute Gasteiger partial charge is 0.273 e. The van der Waals surface area contributed by atoms with E-state index in [9.17, 15) is 9.59 Å². The van der Waals surface area contributed by atoms with Crippen LogP contribution in [0.2, 0.25) is 0 Å². The minimum Gasteiger partial charge on any atom is -0.467 e. The van der Waals surface area contributed by atoms with Gasteiger partial charge in [-0.1, -0.05) is 12.1 Å². The third-order valence-corrected chi connectivity index (χ3v) is 6.12. The molecule has 1 fully saturated rings. The zero-order chi connectivity index (χ0) is 23.0. The average molecular weight is 469 g/mol. The van der Waals surface area contributed by atoms with Gasteiger partial charge in [0.2, 0.25) is 5.91 Å². The molecule has 1 aromatic carbocycles. The number of hydrogen-bond donors (Lipinski definition) is 2. The predicted octanol–water partition coefficient (Wildman–Crippen LogP) is 4.12. The molecule has 0 saturated carbocycles. The van der Waals surface area contributed by atoms with Gasteiger partial charge in [0.15, 0.2) is 5.13 Å². The van der Waals surface area contributed by atoms with Gasteiger partial charge >= 0.3 is 0 Å². The first-order valence-electron chi connectivity index (χ1n) is 11.1. The predicted molar refractivity (Wildman–Crippen MR) is 127 cm³/mol. The molecule has 1 saturated heterocycles. The van der Waals surface area contributed by atoms with Crippen LogP contribution in [0.25, 0.3) is 0 Å². The minimum atomic E-state index is -0.244. The lowest BCUT2D eigenvalue weighted by Crippen LogP contribution is -2.37. The molecule has 2 aromatic heterocycles. The first-order chi connectivity index (χ1) is 16.1. The summed E-state index contributed by atoms with van der Waals surface area (Å²) in [7, 11) is 0. The number of ether oxygens (including phenoxy) is 1. The Morgan fingerprint density at radius 1 is 1.27 bits per heavy atom. The molecule has 174 valence electrons. The molecule has 1 aliphatic heterocycles. The third-order valence-electron chi connectivity index (χ3n) is 5.37. The molecule has 9 heteroatoms. The molecule has 2 N–H and O–H groups in total. The quantitative estimate of drug-likeness (QED) is 0.465. The maximum Gasteiger partial charge on any atom is 0.273 e. The van der Waals surface area contributed by atoms with Gasteiger partial charge in [-0.2, -0.15) is 0 Å². The summed E-state index contributed by atoms with van der Waals surface area (Å²) >= 11 is 1.36. The largest absolute Gasteiger partial charge is 0.467 e. The average Bonchev–Trinajstić information content (AvgIpc) is 3.58. The summed E-state index contributed by atoms with van der Waals surface area (Å²) in [6.07, 6.45) is 3.84. The highest BCUT2D eigenvalue weighted by atomic mass is 32.1. The number of aryl methyl sites for hydroxylation is 1. The van der Waals surface area contributed by atoms with Crippen LogP contribution in [0.3, 0.4) is 0 Å². The number of aromatic nitrogens is 1. The monoisotopic (exact) mass is 468 g/mol. The lowest BCUT2D eigenvalue weighted by atomic mass is 10.2. The topological polar surface area (TPSA) is 96.7 Å². The molecule has 0 spiro atoms. The van der Waals surface area contributed by atoms with E-state index in [1.165, 1.54) is 11.3 Å². The van der Waals surface area contributed by atoms with E-state index in [0.717, 1.165) is 30.7 Å². The van der Waals surface area contributed by atoms with E-state index in [1.807, 2.05) is 37.3 Å². The fraction of sp³-hybridized carbons (Fsp3) is 0.375. The Bertz CT molecular complexity index is 1060. The Morgan fingerprint density at radius 3 is 2.94 bits per heavy atom. The maximum atomic E-state index is 13.2. The second-order valence-corrected chi connectivity index (χ2v) is 8.89. The number of carbonyl (C=O) groups is 2. The van der Waals surface area contributed by atoms with Crippen LogP contribution in [-0.2, 0) is 16.1 Å². The van der Waals surface area contributed by atoms with Crippen LogP contribution in [0.4, 0.5) is 10.8 Å². The van der Waals surface area contributed by atoms with E-state index in [-0.39, 0.29) is 37.4 Å². The number of nitrogens with one attached hydrogen (secondary N) is 2. The first kappa shape index (κ1) is 23.0. The lowest BCUT2D eigenvalue weighted by molar-refractivity contribution is -0.121. The Kier molecular flexibility index (Phi) is 7.74. The van der Waals surface area contributed by atoms with Crippen LogP contribution in [0.15, 0.2) is 52.5 Å². The van der Waals surface area contributed by atoms with E-state index in [4.69, 9.17) is 9.15 Å². The summed E-state index contributed by atoms with van der Waals surface area (Å²) in [5, 5.41) is 8.51. The van der Waals surface area contributed by atoms with E-state index >= 15 is 0 Å². The Morgan fingerprint density at radius 2 is 2.18 bits per heavy atom. The van der Waals surface area contributed by atoms with Gasteiger partial charge in [0.05, 0.1) is 18.9 Å². The number of furan rings is 1. The van der Waals surface area contributed by atoms with Gasteiger partial charge in [-0.15, -0.1) is 11.3 Å². The number of thiazole rings is 1. The van der Waals surface area contributed by atoms with Gasteiger partial charge < -0.3 is 24.7 Å². The fourth-order valence-electron chi connectivity index (χ4n) is 3.64. The van der Waals surface area contributed by atoms with Gasteiger partial charge in [0, 0.05) is 37.2 Å². The van der Waals surface area contributed by atoms with E-state index in [2.05, 4.69) is 15.6 Å². The molecular weight excluding hydrogens is 440 g/mol. The number of benzene rings is 1. The lowest BCUT2D eigenvalue weighted by Gasteiger charge is -2.21. The highest BCUT2D eigenvalue weighted by Gasteiger charge is 2.22. The highest BCUT2D eigenvalue weighted by Crippen LogP contribution is 2.23. The Labute approximate surface area is 197 Å². The van der Waals surface area contributed by atoms with Crippen LogP contribution in [0.1, 0.15) is 41.1 Å². The second-order valence-electron chi connectivity index (χ2n) is 8.03. The van der Waals surface area contributed by atoms with Crippen molar-refractivity contribution in [2.45, 2.75) is 38.8 Å². The summed E-state index contributed by atoms with van der Waals surface area (Å²) in [6.45, 7) is 3.80. The molecule has 1 aliphatic rings. The normalized spacial score (nSPS) is 15.4. The summed E-state index contributed by atoms with van der Waals surface area (Å²) in [5.74, 6) is 0.297. The van der Waals surface area contributed by atoms with Crippen molar-refractivity contribution < 1.29 is 18.7 Å². The van der Waals surface area contributed by atoms with Gasteiger partial charge in [0.1, 0.15) is 11.5 Å². The number of anilines is 2. The van der Waals surface area contributed by atoms with Crippen LogP contribution in [0, 0.1) is 6.92 Å². The van der Waals surface area contributed by atoms with Gasteiger partial charge in [-0.05, 0) is 49.6 Å². The van der Waals surface area contributed by atoms with Crippen molar-refractivity contribution in [3.8, 4) is 0 Å².